The minimum absolute atomic E-state index is 0. The van der Waals surface area contributed by atoms with Gasteiger partial charge in [0.1, 0.15) is 5.75 Å². The van der Waals surface area contributed by atoms with Gasteiger partial charge in [-0.1, -0.05) is 88.2 Å². The number of halogens is 1. The molecule has 0 spiro atoms. The molecule has 1 saturated heterocycles. The van der Waals surface area contributed by atoms with E-state index < -0.39 is 0 Å². The summed E-state index contributed by atoms with van der Waals surface area (Å²) in [6.07, 6.45) is 11.8. The summed E-state index contributed by atoms with van der Waals surface area (Å²) in [7, 11) is 0. The zero-order valence-corrected chi connectivity index (χ0v) is 37.7. The van der Waals surface area contributed by atoms with Gasteiger partial charge < -0.3 is 26.2 Å². The fraction of sp³-hybridized carbons (Fsp3) is 0.478. The van der Waals surface area contributed by atoms with E-state index in [0.29, 0.717) is 76.3 Å². The van der Waals surface area contributed by atoms with Gasteiger partial charge in [-0.05, 0) is 68.5 Å². The molecule has 0 aromatic heterocycles. The first-order chi connectivity index (χ1) is 28.2. The van der Waals surface area contributed by atoms with Crippen LogP contribution in [0.2, 0.25) is 5.02 Å². The van der Waals surface area contributed by atoms with Gasteiger partial charge in [-0.2, -0.15) is 0 Å². The van der Waals surface area contributed by atoms with E-state index in [1.165, 1.54) is 22.6 Å². The topological polar surface area (TPSA) is 154 Å². The van der Waals surface area contributed by atoms with Crippen molar-refractivity contribution in [3.05, 3.63) is 87.9 Å². The van der Waals surface area contributed by atoms with Gasteiger partial charge in [-0.25, -0.2) is 0 Å². The Labute approximate surface area is 376 Å². The zero-order valence-electron chi connectivity index (χ0n) is 36.0. The molecule has 0 radical (unpaired) electrons. The third kappa shape index (κ3) is 13.3. The van der Waals surface area contributed by atoms with E-state index in [4.69, 9.17) is 36.4 Å². The maximum Gasteiger partial charge on any atom is 1.00 e. The van der Waals surface area contributed by atoms with Crippen LogP contribution in [0.4, 0.5) is 0 Å². The van der Waals surface area contributed by atoms with E-state index >= 15 is 0 Å². The number of hydrogen-bond acceptors (Lipinski definition) is 9. The number of benzene rings is 4. The zero-order chi connectivity index (χ0) is 41.9. The largest absolute Gasteiger partial charge is 1.00 e. The van der Waals surface area contributed by atoms with Crippen molar-refractivity contribution in [1.82, 2.24) is 9.80 Å². The first kappa shape index (κ1) is 50.0. The first-order valence-electron chi connectivity index (χ1n) is 20.8. The molecule has 0 aliphatic carbocycles. The Kier molecular flexibility index (Phi) is 22.6. The summed E-state index contributed by atoms with van der Waals surface area (Å²) in [6.45, 7) is 7.85. The number of amides is 4. The molecule has 7 rings (SSSR count). The summed E-state index contributed by atoms with van der Waals surface area (Å²) >= 11 is 6.20. The molecule has 3 heterocycles. The van der Waals surface area contributed by atoms with E-state index in [0.717, 1.165) is 75.4 Å². The summed E-state index contributed by atoms with van der Waals surface area (Å²) in [5.41, 5.74) is 2.26. The van der Waals surface area contributed by atoms with Crippen molar-refractivity contribution >= 4 is 56.8 Å². The molecule has 4 amide bonds. The van der Waals surface area contributed by atoms with E-state index in [1.54, 1.807) is 36.4 Å². The Morgan fingerprint density at radius 2 is 1.05 bits per heavy atom. The number of unbranched alkanes of at least 4 members (excludes halogenated alkanes) is 6. The second-order valence-electron chi connectivity index (χ2n) is 14.4. The number of aliphatic hydroxyl groups is 3. The van der Waals surface area contributed by atoms with Crippen molar-refractivity contribution in [1.29, 1.82) is 0 Å². The average Bonchev–Trinajstić information content (AvgIpc) is 3.84. The summed E-state index contributed by atoms with van der Waals surface area (Å²) in [6, 6.07) is 17.9. The molecule has 59 heavy (non-hydrogen) atoms. The van der Waals surface area contributed by atoms with E-state index in [-0.39, 0.29) is 74.4 Å². The Morgan fingerprint density at radius 3 is 1.49 bits per heavy atom. The third-order valence-electron chi connectivity index (χ3n) is 10.1. The number of nitrogens with zero attached hydrogens (tertiary/aromatic N) is 2. The van der Waals surface area contributed by atoms with Crippen molar-refractivity contribution in [2.75, 3.05) is 52.7 Å². The number of carbonyl (C=O) groups excluding carboxylic acids is 4. The van der Waals surface area contributed by atoms with Crippen molar-refractivity contribution in [3.8, 4) is 5.75 Å². The van der Waals surface area contributed by atoms with Crippen LogP contribution >= 0.6 is 11.6 Å². The van der Waals surface area contributed by atoms with Gasteiger partial charge in [0.25, 0.3) is 23.6 Å². The summed E-state index contributed by atoms with van der Waals surface area (Å²) in [5.74, 6) is -0.228. The van der Waals surface area contributed by atoms with Crippen LogP contribution < -0.4 is 34.3 Å². The normalized spacial score (nSPS) is 13.9. The molecule has 4 aromatic rings. The van der Waals surface area contributed by atoms with E-state index in [9.17, 15) is 19.2 Å². The predicted octanol–water partition coefficient (Wildman–Crippen LogP) is 5.72. The Balaban J connectivity index is 0.000000329. The summed E-state index contributed by atoms with van der Waals surface area (Å²) in [4.78, 5) is 53.8. The molecular weight excluding hydrogens is 783 g/mol. The molecular formula is C46H60ClN2NaO9. The average molecular weight is 843 g/mol. The molecule has 3 aliphatic rings. The second kappa shape index (κ2) is 26.7. The molecule has 316 valence electrons. The van der Waals surface area contributed by atoms with E-state index in [2.05, 4.69) is 13.8 Å². The first-order valence-corrected chi connectivity index (χ1v) is 21.2. The maximum absolute atomic E-state index is 12.9. The van der Waals surface area contributed by atoms with E-state index in [1.807, 2.05) is 24.3 Å². The molecule has 3 N–H and O–H groups in total. The number of rotatable bonds is 16. The van der Waals surface area contributed by atoms with Crippen LogP contribution in [0.15, 0.2) is 60.7 Å². The molecule has 3 aliphatic heterocycles. The van der Waals surface area contributed by atoms with Gasteiger partial charge >= 0.3 is 29.6 Å². The van der Waals surface area contributed by atoms with Gasteiger partial charge in [-0.15, -0.1) is 0 Å². The van der Waals surface area contributed by atoms with Gasteiger partial charge in [0, 0.05) is 101 Å². The summed E-state index contributed by atoms with van der Waals surface area (Å²) < 4.78 is 10.7. The van der Waals surface area contributed by atoms with Crippen LogP contribution in [0.1, 0.15) is 134 Å². The van der Waals surface area contributed by atoms with Gasteiger partial charge in [0.2, 0.25) is 0 Å². The predicted molar refractivity (Wildman–Crippen MR) is 229 cm³/mol. The van der Waals surface area contributed by atoms with Crippen LogP contribution in [0.3, 0.4) is 0 Å². The van der Waals surface area contributed by atoms with Crippen molar-refractivity contribution in [2.45, 2.75) is 90.9 Å². The minimum Gasteiger partial charge on any atom is -1.00 e. The maximum atomic E-state index is 12.9. The van der Waals surface area contributed by atoms with Crippen LogP contribution in [-0.4, -0.2) is 101 Å². The molecule has 0 bridgehead atoms. The molecule has 4 aromatic carbocycles. The monoisotopic (exact) mass is 842 g/mol. The molecule has 11 nitrogen and oxygen atoms in total. The Bertz CT molecular complexity index is 1940. The third-order valence-corrected chi connectivity index (χ3v) is 10.4. The van der Waals surface area contributed by atoms with Gasteiger partial charge in [0.15, 0.2) is 0 Å². The number of aliphatic hydroxyl groups excluding tert-OH is 3. The van der Waals surface area contributed by atoms with Crippen LogP contribution in [0, 0.1) is 0 Å². The standard InChI is InChI=1S/C21H25NO4.C18H18ClNO2.C4H8O.C3H8O2.Na.H/c1-2-3-4-5-12-22-20(24)16-9-6-8-15-18(26-14-7-13-23)11-10-17(19(15)16)21(22)25;1-2-3-4-5-11-20-17(21)13-8-6-7-12-15(19)10-9-14(16(12)13)18(20)22;1-2-4-5-3-1;4-2-1-3-5;;/h6,8-11,23H,2-5,7,12-14H2,1H3;6-10H,2-5,11H2,1H3;1-4H2;4-5H,1-3H2;;/q;;;;+1;-1. The minimum atomic E-state index is -0.225. The fourth-order valence-electron chi connectivity index (χ4n) is 6.98. The molecule has 13 heteroatoms. The Hall–Kier alpha value is -3.39. The smallest absolute Gasteiger partial charge is 1.00 e. The number of imide groups is 2. The van der Waals surface area contributed by atoms with Crippen LogP contribution in [-0.2, 0) is 4.74 Å². The van der Waals surface area contributed by atoms with Crippen molar-refractivity contribution < 1.29 is 75.0 Å². The Morgan fingerprint density at radius 1 is 0.593 bits per heavy atom. The van der Waals surface area contributed by atoms with Crippen LogP contribution in [0.5, 0.6) is 5.75 Å². The summed E-state index contributed by atoms with van der Waals surface area (Å²) in [5, 5.41) is 28.2. The molecule has 0 saturated carbocycles. The van der Waals surface area contributed by atoms with Crippen LogP contribution in [0.25, 0.3) is 21.5 Å². The quantitative estimate of drug-likeness (QED) is 0.0731. The second-order valence-corrected chi connectivity index (χ2v) is 14.8. The van der Waals surface area contributed by atoms with Crippen molar-refractivity contribution in [2.24, 2.45) is 0 Å². The molecule has 0 atom stereocenters. The van der Waals surface area contributed by atoms with Gasteiger partial charge in [0.05, 0.1) is 6.61 Å². The van der Waals surface area contributed by atoms with Crippen molar-refractivity contribution in [3.63, 3.8) is 0 Å². The fourth-order valence-corrected chi connectivity index (χ4v) is 7.20. The number of hydrogen-bond donors (Lipinski definition) is 3. The SMILES string of the molecule is C1CCOC1.CCCCCCN1C(=O)c2cccc3c(Cl)ccc(c23)C1=O.CCCCCCN1C(=O)c2cccc3c(OCCCO)ccc(c23)C1=O.OCCCO.[H-].[Na+]. The number of carbonyl (C=O) groups is 4. The molecule has 0 unspecified atom stereocenters. The van der Waals surface area contributed by atoms with Gasteiger partial charge in [-0.3, -0.25) is 29.0 Å². The number of ether oxygens (including phenoxy) is 2. The molecule has 1 fully saturated rings.